The minimum atomic E-state index is -0.199. The molecule has 18 heavy (non-hydrogen) atoms. The molecule has 0 aliphatic carbocycles. The number of carbonyl (C=O) groups is 2. The van der Waals surface area contributed by atoms with Crippen LogP contribution < -0.4 is 0 Å². The van der Waals surface area contributed by atoms with Gasteiger partial charge in [0.1, 0.15) is 0 Å². The number of rotatable bonds is 10. The molecule has 4 nitrogen and oxygen atoms in total. The molecule has 0 saturated carbocycles. The minimum Gasteiger partial charge on any atom is -0.466 e. The van der Waals surface area contributed by atoms with Crippen molar-refractivity contribution in [2.24, 2.45) is 0 Å². The smallest absolute Gasteiger partial charge is 0.305 e. The van der Waals surface area contributed by atoms with Gasteiger partial charge in [0, 0.05) is 12.8 Å². The summed E-state index contributed by atoms with van der Waals surface area (Å²) in [5.74, 6) is -0.390. The second-order valence-electron chi connectivity index (χ2n) is 3.90. The van der Waals surface area contributed by atoms with Crippen molar-refractivity contribution in [3.05, 3.63) is 12.2 Å². The second-order valence-corrected chi connectivity index (χ2v) is 3.90. The van der Waals surface area contributed by atoms with E-state index in [4.69, 9.17) is 9.47 Å². The van der Waals surface area contributed by atoms with Crippen LogP contribution in [0.3, 0.4) is 0 Å². The summed E-state index contributed by atoms with van der Waals surface area (Å²) in [7, 11) is 0. The summed E-state index contributed by atoms with van der Waals surface area (Å²) in [4.78, 5) is 22.3. The van der Waals surface area contributed by atoms with Gasteiger partial charge in [-0.3, -0.25) is 9.59 Å². The Bertz CT molecular complexity index is 259. The van der Waals surface area contributed by atoms with E-state index in [1.165, 1.54) is 0 Å². The summed E-state index contributed by atoms with van der Waals surface area (Å²) in [5, 5.41) is 0. The van der Waals surface area contributed by atoms with E-state index >= 15 is 0 Å². The van der Waals surface area contributed by atoms with Crippen molar-refractivity contribution in [3.63, 3.8) is 0 Å². The lowest BCUT2D eigenvalue weighted by Crippen LogP contribution is -2.07. The molecule has 0 fully saturated rings. The van der Waals surface area contributed by atoms with Crippen molar-refractivity contribution in [2.75, 3.05) is 13.2 Å². The Labute approximate surface area is 109 Å². The third kappa shape index (κ3) is 11.2. The Morgan fingerprint density at radius 3 is 2.11 bits per heavy atom. The van der Waals surface area contributed by atoms with Crippen LogP contribution in [0.5, 0.6) is 0 Å². The molecule has 0 unspecified atom stereocenters. The monoisotopic (exact) mass is 256 g/mol. The molecule has 0 aromatic rings. The molecule has 0 aliphatic heterocycles. The lowest BCUT2D eigenvalue weighted by Gasteiger charge is -2.03. The Kier molecular flexibility index (Phi) is 11.3. The first-order valence-electron chi connectivity index (χ1n) is 6.66. The van der Waals surface area contributed by atoms with Crippen molar-refractivity contribution in [3.8, 4) is 0 Å². The molecule has 0 aromatic heterocycles. The maximum atomic E-state index is 11.3. The molecular weight excluding hydrogens is 232 g/mol. The summed E-state index contributed by atoms with van der Waals surface area (Å²) in [6, 6.07) is 0. The molecule has 0 saturated heterocycles. The van der Waals surface area contributed by atoms with Crippen LogP contribution in [-0.4, -0.2) is 25.2 Å². The summed E-state index contributed by atoms with van der Waals surface area (Å²) in [6.07, 6.45) is 7.91. The van der Waals surface area contributed by atoms with Crippen molar-refractivity contribution < 1.29 is 19.1 Å². The Hall–Kier alpha value is -1.32. The van der Waals surface area contributed by atoms with Gasteiger partial charge in [-0.05, 0) is 32.6 Å². The molecule has 0 aliphatic rings. The Balaban J connectivity index is 3.37. The van der Waals surface area contributed by atoms with Gasteiger partial charge in [0.2, 0.25) is 0 Å². The number of unbranched alkanes of at least 4 members (excludes halogenated alkanes) is 1. The minimum absolute atomic E-state index is 0.191. The average molecular weight is 256 g/mol. The van der Waals surface area contributed by atoms with Crippen molar-refractivity contribution >= 4 is 11.9 Å². The summed E-state index contributed by atoms with van der Waals surface area (Å²) in [5.41, 5.74) is 0. The third-order valence-corrected chi connectivity index (χ3v) is 2.27. The molecule has 104 valence electrons. The zero-order valence-corrected chi connectivity index (χ0v) is 11.4. The van der Waals surface area contributed by atoms with Gasteiger partial charge in [-0.1, -0.05) is 19.1 Å². The number of ether oxygens (including phenoxy) is 2. The molecule has 0 amide bonds. The third-order valence-electron chi connectivity index (χ3n) is 2.27. The van der Waals surface area contributed by atoms with Gasteiger partial charge in [-0.2, -0.15) is 0 Å². The van der Waals surface area contributed by atoms with Gasteiger partial charge >= 0.3 is 11.9 Å². The molecule has 0 N–H and O–H groups in total. The van der Waals surface area contributed by atoms with Gasteiger partial charge in [0.15, 0.2) is 0 Å². The SMILES string of the molecule is CC/C=C/CCOC(=O)CCCCC(=O)OCC. The van der Waals surface area contributed by atoms with Crippen LogP contribution in [0.4, 0.5) is 0 Å². The summed E-state index contributed by atoms with van der Waals surface area (Å²) in [6.45, 7) is 4.69. The van der Waals surface area contributed by atoms with E-state index in [1.54, 1.807) is 6.92 Å². The average Bonchev–Trinajstić information content (AvgIpc) is 2.35. The van der Waals surface area contributed by atoms with E-state index in [0.717, 1.165) is 12.8 Å². The number of esters is 2. The lowest BCUT2D eigenvalue weighted by atomic mass is 10.2. The van der Waals surface area contributed by atoms with E-state index in [2.05, 4.69) is 6.92 Å². The largest absolute Gasteiger partial charge is 0.466 e. The first-order valence-corrected chi connectivity index (χ1v) is 6.66. The first kappa shape index (κ1) is 16.7. The first-order chi connectivity index (χ1) is 8.70. The highest BCUT2D eigenvalue weighted by atomic mass is 16.5. The van der Waals surface area contributed by atoms with Crippen molar-refractivity contribution in [2.45, 2.75) is 52.4 Å². The molecule has 4 heteroatoms. The molecule has 0 rings (SSSR count). The highest BCUT2D eigenvalue weighted by molar-refractivity contribution is 5.70. The van der Waals surface area contributed by atoms with Crippen LogP contribution >= 0.6 is 0 Å². The normalized spacial score (nSPS) is 10.6. The van der Waals surface area contributed by atoms with Gasteiger partial charge in [0.25, 0.3) is 0 Å². The van der Waals surface area contributed by atoms with E-state index in [-0.39, 0.29) is 11.9 Å². The van der Waals surface area contributed by atoms with Crippen LogP contribution in [-0.2, 0) is 19.1 Å². The van der Waals surface area contributed by atoms with Crippen molar-refractivity contribution in [1.29, 1.82) is 0 Å². The van der Waals surface area contributed by atoms with Crippen LogP contribution in [0, 0.1) is 0 Å². The molecular formula is C14H24O4. The van der Waals surface area contributed by atoms with Crippen LogP contribution in [0.25, 0.3) is 0 Å². The number of hydrogen-bond donors (Lipinski definition) is 0. The molecule has 0 atom stereocenters. The molecule has 0 heterocycles. The topological polar surface area (TPSA) is 52.6 Å². The molecule has 0 radical (unpaired) electrons. The Morgan fingerprint density at radius 2 is 1.56 bits per heavy atom. The summed E-state index contributed by atoms with van der Waals surface area (Å²) < 4.78 is 9.83. The number of carbonyl (C=O) groups excluding carboxylic acids is 2. The fraction of sp³-hybridized carbons (Fsp3) is 0.714. The fourth-order valence-electron chi connectivity index (χ4n) is 1.37. The highest BCUT2D eigenvalue weighted by Crippen LogP contribution is 2.03. The van der Waals surface area contributed by atoms with E-state index in [0.29, 0.717) is 38.9 Å². The van der Waals surface area contributed by atoms with Gasteiger partial charge in [0.05, 0.1) is 13.2 Å². The predicted octanol–water partition coefficient (Wildman–Crippen LogP) is 3.01. The summed E-state index contributed by atoms with van der Waals surface area (Å²) >= 11 is 0. The lowest BCUT2D eigenvalue weighted by molar-refractivity contribution is -0.145. The molecule has 0 bridgehead atoms. The zero-order valence-electron chi connectivity index (χ0n) is 11.4. The Morgan fingerprint density at radius 1 is 0.944 bits per heavy atom. The van der Waals surface area contributed by atoms with Crippen LogP contribution in [0.1, 0.15) is 52.4 Å². The quantitative estimate of drug-likeness (QED) is 0.342. The van der Waals surface area contributed by atoms with Crippen LogP contribution in [0.15, 0.2) is 12.2 Å². The van der Waals surface area contributed by atoms with E-state index in [1.807, 2.05) is 12.2 Å². The molecule has 0 spiro atoms. The fourth-order valence-corrected chi connectivity index (χ4v) is 1.37. The highest BCUT2D eigenvalue weighted by Gasteiger charge is 2.04. The second kappa shape index (κ2) is 12.1. The number of hydrogen-bond acceptors (Lipinski definition) is 4. The van der Waals surface area contributed by atoms with Crippen molar-refractivity contribution in [1.82, 2.24) is 0 Å². The van der Waals surface area contributed by atoms with Gasteiger partial charge < -0.3 is 9.47 Å². The maximum absolute atomic E-state index is 11.3. The zero-order chi connectivity index (χ0) is 13.6. The van der Waals surface area contributed by atoms with E-state index < -0.39 is 0 Å². The van der Waals surface area contributed by atoms with Crippen LogP contribution in [0.2, 0.25) is 0 Å². The van der Waals surface area contributed by atoms with Gasteiger partial charge in [-0.25, -0.2) is 0 Å². The standard InChI is InChI=1S/C14H24O4/c1-3-5-6-9-12-18-14(16)11-8-7-10-13(15)17-4-2/h5-6H,3-4,7-12H2,1-2H3/b6-5+. The maximum Gasteiger partial charge on any atom is 0.305 e. The number of allylic oxidation sites excluding steroid dienone is 1. The predicted molar refractivity (Wildman–Crippen MR) is 70.1 cm³/mol. The molecule has 0 aromatic carbocycles. The van der Waals surface area contributed by atoms with E-state index in [9.17, 15) is 9.59 Å². The van der Waals surface area contributed by atoms with Gasteiger partial charge in [-0.15, -0.1) is 0 Å².